The van der Waals surface area contributed by atoms with E-state index in [4.69, 9.17) is 4.74 Å². The van der Waals surface area contributed by atoms with Crippen molar-refractivity contribution < 1.29 is 40.7 Å². The van der Waals surface area contributed by atoms with Crippen molar-refractivity contribution in [2.45, 2.75) is 31.7 Å². The molecule has 13 nitrogen and oxygen atoms in total. The van der Waals surface area contributed by atoms with Crippen molar-refractivity contribution in [3.05, 3.63) is 53.1 Å². The monoisotopic (exact) mass is 684 g/mol. The van der Waals surface area contributed by atoms with Crippen molar-refractivity contribution in [2.24, 2.45) is 0 Å². The van der Waals surface area contributed by atoms with Crippen LogP contribution < -0.4 is 15.5 Å². The van der Waals surface area contributed by atoms with Gasteiger partial charge in [-0.3, -0.25) is 14.5 Å². The number of hydrogen-bond donors (Lipinski definition) is 2. The molecule has 0 spiro atoms. The fraction of sp³-hybridized carbons (Fsp3) is 0.517. The van der Waals surface area contributed by atoms with Crippen molar-refractivity contribution in [1.29, 1.82) is 0 Å². The molecular weight excluding hydrogens is 650 g/mol. The molecule has 0 unspecified atom stereocenters. The number of ether oxygens (including phenoxy) is 1. The molecule has 1 aromatic carbocycles. The largest absolute Gasteiger partial charge is 0.435 e. The first-order chi connectivity index (χ1) is 22.7. The molecule has 2 aromatic heterocycles. The molecule has 2 amide bonds. The van der Waals surface area contributed by atoms with Gasteiger partial charge in [0.15, 0.2) is 17.1 Å². The lowest BCUT2D eigenvalue weighted by atomic mass is 10.1. The third-order valence-corrected chi connectivity index (χ3v) is 8.16. The van der Waals surface area contributed by atoms with E-state index in [-0.39, 0.29) is 23.5 Å². The normalized spacial score (nSPS) is 18.2. The van der Waals surface area contributed by atoms with Crippen LogP contribution in [0.15, 0.2) is 30.5 Å². The maximum Gasteiger partial charge on any atom is 0.435 e. The number of anilines is 2. The highest BCUT2D eigenvalue weighted by Crippen LogP contribution is 2.36. The molecule has 0 saturated carbocycles. The predicted octanol–water partition coefficient (Wildman–Crippen LogP) is 2.94. The second kappa shape index (κ2) is 14.4. The highest BCUT2D eigenvalue weighted by atomic mass is 19.4. The van der Waals surface area contributed by atoms with Gasteiger partial charge >= 0.3 is 12.4 Å². The maximum absolute atomic E-state index is 13.8. The number of piperazine rings is 1. The van der Waals surface area contributed by atoms with Crippen LogP contribution in [0.25, 0.3) is 5.69 Å². The van der Waals surface area contributed by atoms with Crippen molar-refractivity contribution >= 4 is 23.2 Å². The van der Waals surface area contributed by atoms with Gasteiger partial charge in [-0.05, 0) is 51.2 Å². The van der Waals surface area contributed by atoms with Gasteiger partial charge in [-0.15, -0.1) is 15.3 Å². The molecule has 3 aromatic rings. The van der Waals surface area contributed by atoms with E-state index in [1.54, 1.807) is 12.1 Å². The third-order valence-electron chi connectivity index (χ3n) is 8.16. The van der Waals surface area contributed by atoms with Gasteiger partial charge in [-0.25, -0.2) is 4.68 Å². The molecule has 0 radical (unpaired) electrons. The molecule has 2 aliphatic rings. The lowest BCUT2D eigenvalue weighted by Crippen LogP contribution is -2.50. The number of morpholine rings is 1. The average molecular weight is 685 g/mol. The first-order valence-corrected chi connectivity index (χ1v) is 15.1. The first-order valence-electron chi connectivity index (χ1n) is 15.1. The summed E-state index contributed by atoms with van der Waals surface area (Å²) in [5.74, 6) is -1.87. The Hall–Kier alpha value is -4.36. The van der Waals surface area contributed by atoms with Crippen molar-refractivity contribution in [3.8, 4) is 5.69 Å². The number of rotatable bonds is 9. The number of aromatic nitrogens is 5. The Bertz CT molecular complexity index is 1610. The number of alkyl halides is 6. The highest BCUT2D eigenvalue weighted by molar-refractivity contribution is 6.06. The Balaban J connectivity index is 1.38. The van der Waals surface area contributed by atoms with Crippen LogP contribution in [0.1, 0.15) is 45.6 Å². The van der Waals surface area contributed by atoms with Crippen LogP contribution in [0.3, 0.4) is 0 Å². The second-order valence-corrected chi connectivity index (χ2v) is 11.5. The molecule has 48 heavy (non-hydrogen) atoms. The molecule has 2 fully saturated rings. The minimum atomic E-state index is -5.33. The lowest BCUT2D eigenvalue weighted by molar-refractivity contribution is -0.146. The van der Waals surface area contributed by atoms with Crippen LogP contribution in [0.5, 0.6) is 0 Å². The zero-order chi connectivity index (χ0) is 34.6. The van der Waals surface area contributed by atoms with Crippen LogP contribution in [0, 0.1) is 0 Å². The number of halogens is 6. The smallest absolute Gasteiger partial charge is 0.379 e. The number of carbonyl (C=O) groups is 2. The molecule has 0 bridgehead atoms. The molecule has 1 atom stereocenters. The summed E-state index contributed by atoms with van der Waals surface area (Å²) in [6.45, 7) is 7.86. The van der Waals surface area contributed by atoms with Crippen molar-refractivity contribution in [1.82, 2.24) is 40.3 Å². The van der Waals surface area contributed by atoms with Gasteiger partial charge in [-0.1, -0.05) is 5.21 Å². The summed E-state index contributed by atoms with van der Waals surface area (Å²) in [5, 5.41) is 19.0. The van der Waals surface area contributed by atoms with Gasteiger partial charge < -0.3 is 25.2 Å². The molecule has 2 N–H and O–H groups in total. The zero-order valence-corrected chi connectivity index (χ0v) is 26.1. The van der Waals surface area contributed by atoms with E-state index in [9.17, 15) is 35.9 Å². The summed E-state index contributed by atoms with van der Waals surface area (Å²) in [7, 11) is 1.94. The molecule has 2 aliphatic heterocycles. The summed E-state index contributed by atoms with van der Waals surface area (Å²) >= 11 is 0. The fourth-order valence-corrected chi connectivity index (χ4v) is 5.32. The van der Waals surface area contributed by atoms with E-state index >= 15 is 0 Å². The number of amides is 2. The van der Waals surface area contributed by atoms with E-state index in [0.29, 0.717) is 57.2 Å². The number of likely N-dealkylation sites (N-methyl/N-ethyl adjacent to an activating group) is 1. The van der Waals surface area contributed by atoms with Gasteiger partial charge in [-0.2, -0.15) is 26.3 Å². The van der Waals surface area contributed by atoms with Crippen molar-refractivity contribution in [2.75, 3.05) is 76.3 Å². The van der Waals surface area contributed by atoms with E-state index in [2.05, 4.69) is 40.9 Å². The molecule has 4 heterocycles. The molecular formula is C29H34F6N10O3. The van der Waals surface area contributed by atoms with Gasteiger partial charge in [0.2, 0.25) is 0 Å². The van der Waals surface area contributed by atoms with Gasteiger partial charge in [0.05, 0.1) is 42.0 Å². The summed E-state index contributed by atoms with van der Waals surface area (Å²) in [6.07, 6.45) is -8.47. The molecule has 0 aliphatic carbocycles. The summed E-state index contributed by atoms with van der Waals surface area (Å²) in [6, 6.07) is 4.52. The Morgan fingerprint density at radius 3 is 2.40 bits per heavy atom. The second-order valence-electron chi connectivity index (χ2n) is 11.5. The Morgan fingerprint density at radius 1 is 0.958 bits per heavy atom. The zero-order valence-electron chi connectivity index (χ0n) is 26.1. The van der Waals surface area contributed by atoms with E-state index in [1.165, 1.54) is 16.9 Å². The number of benzene rings is 1. The van der Waals surface area contributed by atoms with Crippen molar-refractivity contribution in [3.63, 3.8) is 0 Å². The average Bonchev–Trinajstić information content (AvgIpc) is 3.54. The SMILES string of the molecule is C[C@@H]1CN(c2ccc(-n3cc(C(=O)NCCCN4CCOCC4)nn3)cc2NC(=O)c2nnc(C(F)(F)F)cc2C(F)(F)F)CCN1C. The quantitative estimate of drug-likeness (QED) is 0.256. The van der Waals surface area contributed by atoms with E-state index < -0.39 is 41.1 Å². The molecule has 5 rings (SSSR count). The molecule has 260 valence electrons. The topological polar surface area (TPSA) is 134 Å². The molecule has 19 heteroatoms. The highest BCUT2D eigenvalue weighted by Gasteiger charge is 2.42. The number of carbonyl (C=O) groups excluding carboxylic acids is 2. The van der Waals surface area contributed by atoms with Crippen LogP contribution >= 0.6 is 0 Å². The van der Waals surface area contributed by atoms with Crippen LogP contribution in [0.4, 0.5) is 37.7 Å². The third kappa shape index (κ3) is 8.37. The Kier molecular flexibility index (Phi) is 10.5. The standard InChI is InChI=1S/C29H34F6N10O3/c1-18-16-44(9-8-42(18)2)23-5-4-19(45-17-22(38-41-45)26(46)36-6-3-7-43-10-12-48-13-11-43)14-21(23)37-27(47)25-20(28(30,31)32)15-24(39-40-25)29(33,34)35/h4-5,14-15,17-18H,3,6-13,16H2,1-2H3,(H,36,46)(H,37,47)/t18-/m1/s1. The first kappa shape index (κ1) is 35.0. The summed E-state index contributed by atoms with van der Waals surface area (Å²) < 4.78 is 87.4. The Morgan fingerprint density at radius 2 is 1.71 bits per heavy atom. The number of nitrogens with one attached hydrogen (secondary N) is 2. The number of nitrogens with zero attached hydrogens (tertiary/aromatic N) is 8. The minimum Gasteiger partial charge on any atom is -0.379 e. The van der Waals surface area contributed by atoms with Crippen LogP contribution in [-0.2, 0) is 17.1 Å². The fourth-order valence-electron chi connectivity index (χ4n) is 5.32. The molecule has 2 saturated heterocycles. The summed E-state index contributed by atoms with van der Waals surface area (Å²) in [5.41, 5.74) is -4.31. The van der Waals surface area contributed by atoms with Gasteiger partial charge in [0, 0.05) is 45.3 Å². The van der Waals surface area contributed by atoms with Crippen LogP contribution in [-0.4, -0.2) is 119 Å². The minimum absolute atomic E-state index is 0.0128. The predicted molar refractivity (Wildman–Crippen MR) is 160 cm³/mol. The maximum atomic E-state index is 13.8. The van der Waals surface area contributed by atoms with E-state index in [1.807, 2.05) is 18.9 Å². The number of hydrogen-bond acceptors (Lipinski definition) is 10. The Labute approximate surface area is 271 Å². The lowest BCUT2D eigenvalue weighted by Gasteiger charge is -2.39. The van der Waals surface area contributed by atoms with Crippen LogP contribution in [0.2, 0.25) is 0 Å². The van der Waals surface area contributed by atoms with Gasteiger partial charge in [0.25, 0.3) is 11.8 Å². The summed E-state index contributed by atoms with van der Waals surface area (Å²) in [4.78, 5) is 32.2. The van der Waals surface area contributed by atoms with Gasteiger partial charge in [0.1, 0.15) is 0 Å². The van der Waals surface area contributed by atoms with E-state index in [0.717, 1.165) is 19.6 Å².